The van der Waals surface area contributed by atoms with Crippen LogP contribution in [-0.4, -0.2) is 57.1 Å². The average molecular weight is 436 g/mol. The molecule has 1 amide bonds. The third-order valence-corrected chi connectivity index (χ3v) is 6.01. The number of rotatable bonds is 4. The molecule has 8 heteroatoms. The largest absolute Gasteiger partial charge is 0.419 e. The molecule has 31 heavy (non-hydrogen) atoms. The molecule has 2 aromatic heterocycles. The van der Waals surface area contributed by atoms with E-state index >= 15 is 0 Å². The lowest BCUT2D eigenvalue weighted by Crippen LogP contribution is -2.49. The summed E-state index contributed by atoms with van der Waals surface area (Å²) in [6, 6.07) is 17.2. The zero-order chi connectivity index (χ0) is 21.4. The minimum absolute atomic E-state index is 0.0320. The van der Waals surface area contributed by atoms with Gasteiger partial charge < -0.3 is 14.3 Å². The van der Waals surface area contributed by atoms with E-state index in [-0.39, 0.29) is 11.9 Å². The molecule has 4 aromatic rings. The second kappa shape index (κ2) is 8.17. The number of para-hydroxylation sites is 1. The van der Waals surface area contributed by atoms with Crippen molar-refractivity contribution in [1.82, 2.24) is 25.0 Å². The number of amides is 1. The van der Waals surface area contributed by atoms with Crippen molar-refractivity contribution in [2.24, 2.45) is 0 Å². The van der Waals surface area contributed by atoms with Gasteiger partial charge in [0.05, 0.1) is 6.04 Å². The lowest BCUT2D eigenvalue weighted by atomic mass is 10.2. The van der Waals surface area contributed by atoms with E-state index in [0.717, 1.165) is 29.6 Å². The number of hydrogen-bond acceptors (Lipinski definition) is 5. The first-order valence-electron chi connectivity index (χ1n) is 10.3. The Morgan fingerprint density at radius 1 is 1.06 bits per heavy atom. The van der Waals surface area contributed by atoms with Crippen molar-refractivity contribution in [1.29, 1.82) is 0 Å². The summed E-state index contributed by atoms with van der Waals surface area (Å²) >= 11 is 6.06. The molecule has 5 rings (SSSR count). The predicted octanol–water partition coefficient (Wildman–Crippen LogP) is 4.39. The Bertz CT molecular complexity index is 1190. The number of aromatic nitrogens is 3. The van der Waals surface area contributed by atoms with Crippen molar-refractivity contribution in [2.75, 3.05) is 26.2 Å². The normalized spacial score (nSPS) is 16.0. The van der Waals surface area contributed by atoms with Gasteiger partial charge in [-0.2, -0.15) is 0 Å². The summed E-state index contributed by atoms with van der Waals surface area (Å²) in [6.07, 6.45) is 0. The van der Waals surface area contributed by atoms with Crippen molar-refractivity contribution in [3.8, 4) is 11.5 Å². The fourth-order valence-electron chi connectivity index (χ4n) is 3.97. The Hall–Kier alpha value is -3.16. The van der Waals surface area contributed by atoms with Gasteiger partial charge in [0, 0.05) is 47.7 Å². The molecule has 0 aliphatic carbocycles. The van der Waals surface area contributed by atoms with E-state index in [1.165, 1.54) is 0 Å². The third kappa shape index (κ3) is 3.94. The molecule has 0 radical (unpaired) electrons. The molecular weight excluding hydrogens is 414 g/mol. The number of piperazine rings is 1. The number of carbonyl (C=O) groups is 1. The average Bonchev–Trinajstić information content (AvgIpc) is 3.46. The summed E-state index contributed by atoms with van der Waals surface area (Å²) in [6.45, 7) is 4.82. The van der Waals surface area contributed by atoms with Crippen LogP contribution in [0.2, 0.25) is 5.02 Å². The molecule has 1 aliphatic rings. The molecule has 0 spiro atoms. The van der Waals surface area contributed by atoms with Crippen LogP contribution < -0.4 is 0 Å². The Balaban J connectivity index is 1.23. The first-order valence-corrected chi connectivity index (χ1v) is 10.7. The zero-order valence-corrected chi connectivity index (χ0v) is 17.8. The first kappa shape index (κ1) is 19.8. The van der Waals surface area contributed by atoms with Crippen LogP contribution in [0.15, 0.2) is 59.0 Å². The molecule has 1 fully saturated rings. The summed E-state index contributed by atoms with van der Waals surface area (Å²) in [7, 11) is 0. The second-order valence-corrected chi connectivity index (χ2v) is 8.17. The lowest BCUT2D eigenvalue weighted by Gasteiger charge is -2.36. The van der Waals surface area contributed by atoms with Crippen LogP contribution in [0, 0.1) is 0 Å². The van der Waals surface area contributed by atoms with Crippen LogP contribution >= 0.6 is 11.6 Å². The Kier molecular flexibility index (Phi) is 5.21. The van der Waals surface area contributed by atoms with E-state index in [0.29, 0.717) is 35.6 Å². The molecule has 1 saturated heterocycles. The fourth-order valence-corrected chi connectivity index (χ4v) is 4.16. The van der Waals surface area contributed by atoms with Crippen LogP contribution in [0.3, 0.4) is 0 Å². The van der Waals surface area contributed by atoms with Gasteiger partial charge in [-0.05, 0) is 37.3 Å². The standard InChI is InChI=1S/C23H22ClN5O2/c1-15(21-26-27-22(31-21)17-6-4-7-18(24)13-17)28-9-11-29(12-10-28)23(30)20-14-16-5-2-3-8-19(16)25-20/h2-8,13-15,25H,9-12H2,1H3. The quantitative estimate of drug-likeness (QED) is 0.514. The van der Waals surface area contributed by atoms with Gasteiger partial charge in [-0.3, -0.25) is 9.69 Å². The number of halogens is 1. The third-order valence-electron chi connectivity index (χ3n) is 5.78. The molecule has 0 bridgehead atoms. The molecule has 1 atom stereocenters. The van der Waals surface area contributed by atoms with Crippen LogP contribution in [0.1, 0.15) is 29.3 Å². The van der Waals surface area contributed by atoms with E-state index in [1.54, 1.807) is 6.07 Å². The monoisotopic (exact) mass is 435 g/mol. The van der Waals surface area contributed by atoms with Gasteiger partial charge in [-0.1, -0.05) is 35.9 Å². The van der Waals surface area contributed by atoms with Crippen molar-refractivity contribution in [3.05, 3.63) is 71.2 Å². The Morgan fingerprint density at radius 3 is 2.65 bits per heavy atom. The predicted molar refractivity (Wildman–Crippen MR) is 119 cm³/mol. The van der Waals surface area contributed by atoms with Crippen molar-refractivity contribution < 1.29 is 9.21 Å². The highest BCUT2D eigenvalue weighted by Crippen LogP contribution is 2.26. The number of benzene rings is 2. The topological polar surface area (TPSA) is 78.3 Å². The van der Waals surface area contributed by atoms with E-state index < -0.39 is 0 Å². The number of nitrogens with one attached hydrogen (secondary N) is 1. The van der Waals surface area contributed by atoms with E-state index in [2.05, 4.69) is 20.1 Å². The highest BCUT2D eigenvalue weighted by Gasteiger charge is 2.28. The molecule has 2 aromatic carbocycles. The molecule has 7 nitrogen and oxygen atoms in total. The number of H-pyrrole nitrogens is 1. The van der Waals surface area contributed by atoms with Gasteiger partial charge in [0.15, 0.2) is 0 Å². The summed E-state index contributed by atoms with van der Waals surface area (Å²) in [5, 5.41) is 10.1. The van der Waals surface area contributed by atoms with Crippen LogP contribution in [0.5, 0.6) is 0 Å². The summed E-state index contributed by atoms with van der Waals surface area (Å²) in [5.74, 6) is 1.05. The first-order chi connectivity index (χ1) is 15.1. The maximum Gasteiger partial charge on any atom is 0.270 e. The number of hydrogen-bond donors (Lipinski definition) is 1. The number of aromatic amines is 1. The maximum absolute atomic E-state index is 12.9. The van der Waals surface area contributed by atoms with E-state index in [4.69, 9.17) is 16.0 Å². The maximum atomic E-state index is 12.9. The van der Waals surface area contributed by atoms with Crippen LogP contribution in [0.4, 0.5) is 0 Å². The smallest absolute Gasteiger partial charge is 0.270 e. The van der Waals surface area contributed by atoms with E-state index in [9.17, 15) is 4.79 Å². The highest BCUT2D eigenvalue weighted by molar-refractivity contribution is 6.30. The minimum Gasteiger partial charge on any atom is -0.419 e. The van der Waals surface area contributed by atoms with Gasteiger partial charge in [0.2, 0.25) is 11.8 Å². The van der Waals surface area contributed by atoms with Crippen LogP contribution in [-0.2, 0) is 0 Å². The van der Waals surface area contributed by atoms with Gasteiger partial charge in [0.1, 0.15) is 5.69 Å². The zero-order valence-electron chi connectivity index (χ0n) is 17.1. The second-order valence-electron chi connectivity index (χ2n) is 7.73. The number of fused-ring (bicyclic) bond motifs is 1. The molecular formula is C23H22ClN5O2. The lowest BCUT2D eigenvalue weighted by molar-refractivity contribution is 0.0554. The Labute approximate surface area is 184 Å². The van der Waals surface area contributed by atoms with Gasteiger partial charge in [-0.25, -0.2) is 0 Å². The van der Waals surface area contributed by atoms with Gasteiger partial charge in [0.25, 0.3) is 5.91 Å². The van der Waals surface area contributed by atoms with Crippen LogP contribution in [0.25, 0.3) is 22.4 Å². The van der Waals surface area contributed by atoms with Crippen molar-refractivity contribution >= 4 is 28.4 Å². The molecule has 3 heterocycles. The Morgan fingerprint density at radius 2 is 1.87 bits per heavy atom. The molecule has 1 N–H and O–H groups in total. The van der Waals surface area contributed by atoms with Crippen molar-refractivity contribution in [2.45, 2.75) is 13.0 Å². The van der Waals surface area contributed by atoms with E-state index in [1.807, 2.05) is 60.4 Å². The molecule has 158 valence electrons. The number of nitrogens with zero attached hydrogens (tertiary/aromatic N) is 4. The molecule has 1 aliphatic heterocycles. The van der Waals surface area contributed by atoms with Gasteiger partial charge in [-0.15, -0.1) is 10.2 Å². The van der Waals surface area contributed by atoms with Gasteiger partial charge >= 0.3 is 0 Å². The summed E-state index contributed by atoms with van der Waals surface area (Å²) in [4.78, 5) is 20.3. The SMILES string of the molecule is CC(c1nnc(-c2cccc(Cl)c2)o1)N1CCN(C(=O)c2cc3ccccc3[nH]2)CC1. The fraction of sp³-hybridized carbons (Fsp3) is 0.261. The highest BCUT2D eigenvalue weighted by atomic mass is 35.5. The minimum atomic E-state index is -0.0363. The van der Waals surface area contributed by atoms with Crippen molar-refractivity contribution in [3.63, 3.8) is 0 Å². The molecule has 0 saturated carbocycles. The number of carbonyl (C=O) groups excluding carboxylic acids is 1. The summed E-state index contributed by atoms with van der Waals surface area (Å²) in [5.41, 5.74) is 2.41. The molecule has 1 unspecified atom stereocenters. The summed E-state index contributed by atoms with van der Waals surface area (Å²) < 4.78 is 5.91.